The zero-order chi connectivity index (χ0) is 17.5. The Morgan fingerprint density at radius 1 is 1.33 bits per heavy atom. The van der Waals surface area contributed by atoms with Gasteiger partial charge in [0.05, 0.1) is 23.8 Å². The fourth-order valence-corrected chi connectivity index (χ4v) is 2.60. The lowest BCUT2D eigenvalue weighted by molar-refractivity contribution is -0.132. The van der Waals surface area contributed by atoms with Crippen LogP contribution in [0.3, 0.4) is 0 Å². The van der Waals surface area contributed by atoms with E-state index in [1.54, 1.807) is 24.1 Å². The summed E-state index contributed by atoms with van der Waals surface area (Å²) >= 11 is 0. The van der Waals surface area contributed by atoms with Gasteiger partial charge >= 0.3 is 0 Å². The molecule has 0 aliphatic rings. The Morgan fingerprint density at radius 2 is 2.08 bits per heavy atom. The van der Waals surface area contributed by atoms with Gasteiger partial charge in [-0.15, -0.1) is 0 Å². The third-order valence-corrected chi connectivity index (χ3v) is 3.80. The smallest absolute Gasteiger partial charge is 0.261 e. The zero-order valence-electron chi connectivity index (χ0n) is 14.6. The van der Waals surface area contributed by atoms with E-state index in [0.717, 1.165) is 0 Å². The van der Waals surface area contributed by atoms with E-state index >= 15 is 0 Å². The maximum Gasteiger partial charge on any atom is 0.261 e. The second-order valence-corrected chi connectivity index (χ2v) is 6.24. The highest BCUT2D eigenvalue weighted by molar-refractivity contribution is 5.77. The average molecular weight is 331 g/mol. The highest BCUT2D eigenvalue weighted by Gasteiger charge is 2.15. The maximum absolute atomic E-state index is 12.5. The number of rotatable bonds is 8. The van der Waals surface area contributed by atoms with Crippen LogP contribution in [0.15, 0.2) is 35.4 Å². The van der Waals surface area contributed by atoms with E-state index in [0.29, 0.717) is 43.1 Å². The molecule has 130 valence electrons. The first-order valence-corrected chi connectivity index (χ1v) is 8.23. The lowest BCUT2D eigenvalue weighted by Gasteiger charge is -2.24. The summed E-state index contributed by atoms with van der Waals surface area (Å²) in [6.45, 7) is 6.24. The number of hydrogen-bond donors (Lipinski definition) is 0. The molecule has 0 aliphatic carbocycles. The molecule has 1 amide bonds. The van der Waals surface area contributed by atoms with Gasteiger partial charge < -0.3 is 9.64 Å². The minimum atomic E-state index is -0.110. The molecule has 0 N–H and O–H groups in total. The van der Waals surface area contributed by atoms with Crippen molar-refractivity contribution >= 4 is 16.8 Å². The Labute approximate surface area is 142 Å². The van der Waals surface area contributed by atoms with E-state index in [1.807, 2.05) is 12.1 Å². The summed E-state index contributed by atoms with van der Waals surface area (Å²) in [5.74, 6) is 0.414. The van der Waals surface area contributed by atoms with Gasteiger partial charge in [-0.1, -0.05) is 26.0 Å². The fraction of sp³-hybridized carbons (Fsp3) is 0.500. The molecular formula is C18H25N3O3. The molecule has 0 saturated heterocycles. The van der Waals surface area contributed by atoms with Gasteiger partial charge in [0.15, 0.2) is 0 Å². The Hall–Kier alpha value is -2.21. The van der Waals surface area contributed by atoms with Crippen molar-refractivity contribution in [1.29, 1.82) is 0 Å². The predicted molar refractivity (Wildman–Crippen MR) is 93.9 cm³/mol. The summed E-state index contributed by atoms with van der Waals surface area (Å²) in [4.78, 5) is 31.0. The van der Waals surface area contributed by atoms with Crippen LogP contribution in [0.2, 0.25) is 0 Å². The zero-order valence-corrected chi connectivity index (χ0v) is 14.6. The van der Waals surface area contributed by atoms with Gasteiger partial charge in [0.25, 0.3) is 5.56 Å². The summed E-state index contributed by atoms with van der Waals surface area (Å²) in [6, 6.07) is 7.23. The first-order valence-electron chi connectivity index (χ1n) is 8.23. The Balaban J connectivity index is 2.07. The fourth-order valence-electron chi connectivity index (χ4n) is 2.60. The van der Waals surface area contributed by atoms with Crippen molar-refractivity contribution in [3.05, 3.63) is 40.9 Å². The highest BCUT2D eigenvalue weighted by Crippen LogP contribution is 2.06. The SMILES string of the molecule is COCCN(CC(C)C)C(=O)CCn1cnc2ccccc2c1=O. The van der Waals surface area contributed by atoms with Crippen molar-refractivity contribution in [2.45, 2.75) is 26.8 Å². The number of amides is 1. The number of carbonyl (C=O) groups is 1. The van der Waals surface area contributed by atoms with Gasteiger partial charge in [-0.05, 0) is 18.1 Å². The van der Waals surface area contributed by atoms with Crippen molar-refractivity contribution in [3.63, 3.8) is 0 Å². The predicted octanol–water partition coefficient (Wildman–Crippen LogP) is 1.92. The van der Waals surface area contributed by atoms with Crippen molar-refractivity contribution in [2.75, 3.05) is 26.8 Å². The summed E-state index contributed by atoms with van der Waals surface area (Å²) < 4.78 is 6.58. The quantitative estimate of drug-likeness (QED) is 0.741. The molecular weight excluding hydrogens is 306 g/mol. The number of ether oxygens (including phenoxy) is 1. The van der Waals surface area contributed by atoms with E-state index in [1.165, 1.54) is 10.9 Å². The minimum absolute atomic E-state index is 0.0285. The van der Waals surface area contributed by atoms with Crippen LogP contribution in [0, 0.1) is 5.92 Å². The van der Waals surface area contributed by atoms with Gasteiger partial charge in [-0.25, -0.2) is 4.98 Å². The molecule has 0 fully saturated rings. The number of carbonyl (C=O) groups excluding carboxylic acids is 1. The molecule has 1 aromatic carbocycles. The van der Waals surface area contributed by atoms with Crippen LogP contribution in [-0.4, -0.2) is 47.2 Å². The van der Waals surface area contributed by atoms with Gasteiger partial charge in [0, 0.05) is 33.2 Å². The number of nitrogens with zero attached hydrogens (tertiary/aromatic N) is 3. The molecule has 0 saturated carbocycles. The molecule has 1 aromatic heterocycles. The Kier molecular flexibility index (Phi) is 6.49. The normalized spacial score (nSPS) is 11.2. The van der Waals surface area contributed by atoms with Crippen LogP contribution >= 0.6 is 0 Å². The van der Waals surface area contributed by atoms with Gasteiger partial charge in [-0.2, -0.15) is 0 Å². The number of aryl methyl sites for hydroxylation is 1. The lowest BCUT2D eigenvalue weighted by Crippen LogP contribution is -2.37. The molecule has 6 nitrogen and oxygen atoms in total. The van der Waals surface area contributed by atoms with Crippen LogP contribution in [0.5, 0.6) is 0 Å². The van der Waals surface area contributed by atoms with E-state index in [9.17, 15) is 9.59 Å². The van der Waals surface area contributed by atoms with Crippen LogP contribution < -0.4 is 5.56 Å². The second-order valence-electron chi connectivity index (χ2n) is 6.24. The first kappa shape index (κ1) is 18.1. The number of hydrogen-bond acceptors (Lipinski definition) is 4. The molecule has 1 heterocycles. The maximum atomic E-state index is 12.5. The van der Waals surface area contributed by atoms with Crippen molar-refractivity contribution in [1.82, 2.24) is 14.5 Å². The number of fused-ring (bicyclic) bond motifs is 1. The number of benzene rings is 1. The topological polar surface area (TPSA) is 64.4 Å². The molecule has 0 bridgehead atoms. The van der Waals surface area contributed by atoms with E-state index in [2.05, 4.69) is 18.8 Å². The lowest BCUT2D eigenvalue weighted by atomic mass is 10.2. The van der Waals surface area contributed by atoms with Crippen molar-refractivity contribution in [3.8, 4) is 0 Å². The standard InChI is InChI=1S/C18H25N3O3/c1-14(2)12-20(10-11-24-3)17(22)8-9-21-13-19-16-7-5-4-6-15(16)18(21)23/h4-7,13-14H,8-12H2,1-3H3. The van der Waals surface area contributed by atoms with E-state index in [4.69, 9.17) is 4.74 Å². The van der Waals surface area contributed by atoms with Crippen molar-refractivity contribution < 1.29 is 9.53 Å². The third-order valence-electron chi connectivity index (χ3n) is 3.80. The molecule has 0 atom stereocenters. The summed E-state index contributed by atoms with van der Waals surface area (Å²) in [6.07, 6.45) is 1.79. The molecule has 0 aliphatic heterocycles. The first-order chi connectivity index (χ1) is 11.5. The number of aromatic nitrogens is 2. The van der Waals surface area contributed by atoms with Crippen LogP contribution in [-0.2, 0) is 16.1 Å². The molecule has 0 unspecified atom stereocenters. The molecule has 0 spiro atoms. The van der Waals surface area contributed by atoms with Gasteiger partial charge in [0.1, 0.15) is 0 Å². The second kappa shape index (κ2) is 8.59. The Bertz CT molecular complexity index is 740. The van der Waals surface area contributed by atoms with Gasteiger partial charge in [-0.3, -0.25) is 14.2 Å². The third kappa shape index (κ3) is 4.64. The number of methoxy groups -OCH3 is 1. The van der Waals surface area contributed by atoms with Crippen LogP contribution in [0.25, 0.3) is 10.9 Å². The summed E-state index contributed by atoms with van der Waals surface area (Å²) in [7, 11) is 1.62. The minimum Gasteiger partial charge on any atom is -0.383 e. The van der Waals surface area contributed by atoms with Crippen LogP contribution in [0.1, 0.15) is 20.3 Å². The molecule has 2 aromatic rings. The van der Waals surface area contributed by atoms with E-state index in [-0.39, 0.29) is 17.9 Å². The monoisotopic (exact) mass is 331 g/mol. The molecule has 2 rings (SSSR count). The van der Waals surface area contributed by atoms with Crippen LogP contribution in [0.4, 0.5) is 0 Å². The molecule has 6 heteroatoms. The largest absolute Gasteiger partial charge is 0.383 e. The number of para-hydroxylation sites is 1. The average Bonchev–Trinajstić information content (AvgIpc) is 2.57. The highest BCUT2D eigenvalue weighted by atomic mass is 16.5. The van der Waals surface area contributed by atoms with Gasteiger partial charge in [0.2, 0.25) is 5.91 Å². The van der Waals surface area contributed by atoms with E-state index < -0.39 is 0 Å². The Morgan fingerprint density at radius 3 is 2.79 bits per heavy atom. The summed E-state index contributed by atoms with van der Waals surface area (Å²) in [5.41, 5.74) is 0.562. The van der Waals surface area contributed by atoms with Crippen molar-refractivity contribution in [2.24, 2.45) is 5.92 Å². The summed E-state index contributed by atoms with van der Waals surface area (Å²) in [5, 5.41) is 0.575. The molecule has 24 heavy (non-hydrogen) atoms. The molecule has 0 radical (unpaired) electrons.